The number of rotatable bonds is 2. The van der Waals surface area contributed by atoms with Crippen LogP contribution in [0.15, 0.2) is 22.7 Å². The summed E-state index contributed by atoms with van der Waals surface area (Å²) in [5, 5.41) is 0. The minimum atomic E-state index is -0.538. The van der Waals surface area contributed by atoms with Gasteiger partial charge in [-0.15, -0.1) is 11.6 Å². The van der Waals surface area contributed by atoms with Gasteiger partial charge in [0.05, 0.1) is 27.6 Å². The fourth-order valence-corrected chi connectivity index (χ4v) is 2.90. The van der Waals surface area contributed by atoms with Crippen LogP contribution in [0.1, 0.15) is 24.2 Å². The highest BCUT2D eigenvalue weighted by atomic mass is 79.9. The van der Waals surface area contributed by atoms with E-state index < -0.39 is 11.4 Å². The van der Waals surface area contributed by atoms with Crippen LogP contribution >= 0.6 is 27.5 Å². The van der Waals surface area contributed by atoms with Crippen LogP contribution in [-0.4, -0.2) is 41.5 Å². The molecule has 2 rings (SSSR count). The first-order valence-corrected chi connectivity index (χ1v) is 7.64. The van der Waals surface area contributed by atoms with Gasteiger partial charge >= 0.3 is 0 Å². The van der Waals surface area contributed by atoms with Crippen molar-refractivity contribution < 1.29 is 13.9 Å². The second kappa shape index (κ2) is 6.00. The summed E-state index contributed by atoms with van der Waals surface area (Å²) < 4.78 is 20.1. The number of alkyl halides is 1. The van der Waals surface area contributed by atoms with E-state index in [-0.39, 0.29) is 22.0 Å². The van der Waals surface area contributed by atoms with E-state index >= 15 is 0 Å². The summed E-state index contributed by atoms with van der Waals surface area (Å²) in [4.78, 5) is 14.1. The molecule has 1 saturated heterocycles. The van der Waals surface area contributed by atoms with Crippen LogP contribution in [0.2, 0.25) is 0 Å². The third kappa shape index (κ3) is 3.32. The molecule has 1 atom stereocenters. The first kappa shape index (κ1) is 15.7. The molecule has 1 heterocycles. The lowest BCUT2D eigenvalue weighted by Crippen LogP contribution is -2.55. The number of halogens is 3. The third-order valence-corrected chi connectivity index (χ3v) is 4.08. The molecule has 1 aromatic carbocycles. The smallest absolute Gasteiger partial charge is 0.257 e. The van der Waals surface area contributed by atoms with Gasteiger partial charge in [-0.1, -0.05) is 6.07 Å². The molecule has 1 fully saturated rings. The zero-order valence-electron chi connectivity index (χ0n) is 11.3. The van der Waals surface area contributed by atoms with Crippen molar-refractivity contribution in [3.05, 3.63) is 34.1 Å². The summed E-state index contributed by atoms with van der Waals surface area (Å²) in [6.07, 6.45) is -0.236. The molecule has 0 radical (unpaired) electrons. The van der Waals surface area contributed by atoms with Crippen molar-refractivity contribution >= 4 is 33.4 Å². The fourth-order valence-electron chi connectivity index (χ4n) is 2.37. The normalized spacial score (nSPS) is 21.9. The van der Waals surface area contributed by atoms with Gasteiger partial charge in [0.1, 0.15) is 5.82 Å². The van der Waals surface area contributed by atoms with Crippen LogP contribution in [0.4, 0.5) is 4.39 Å². The first-order valence-electron chi connectivity index (χ1n) is 6.31. The standard InChI is InChI=1S/C14H16BrClFNO2/c1-14(2)8-18(7-9(6-16)20-14)13(19)10-4-3-5-11(15)12(10)17/h3-5,9H,6-8H2,1-2H3. The molecular weight excluding hydrogens is 349 g/mol. The van der Waals surface area contributed by atoms with Crippen LogP contribution in [-0.2, 0) is 4.74 Å². The summed E-state index contributed by atoms with van der Waals surface area (Å²) in [5.74, 6) is -0.576. The predicted octanol–water partition coefficient (Wildman–Crippen LogP) is 3.45. The van der Waals surface area contributed by atoms with Crippen LogP contribution in [0, 0.1) is 5.82 Å². The average molecular weight is 365 g/mol. The fraction of sp³-hybridized carbons (Fsp3) is 0.500. The van der Waals surface area contributed by atoms with Crippen molar-refractivity contribution in [1.29, 1.82) is 0 Å². The Morgan fingerprint density at radius 2 is 2.30 bits per heavy atom. The zero-order chi connectivity index (χ0) is 14.9. The van der Waals surface area contributed by atoms with Gasteiger partial charge in [-0.3, -0.25) is 4.79 Å². The quantitative estimate of drug-likeness (QED) is 0.752. The second-order valence-electron chi connectivity index (χ2n) is 5.44. The minimum absolute atomic E-state index is 0.0606. The molecule has 110 valence electrons. The Balaban J connectivity index is 2.26. The monoisotopic (exact) mass is 363 g/mol. The lowest BCUT2D eigenvalue weighted by molar-refractivity contribution is -0.117. The number of nitrogens with zero attached hydrogens (tertiary/aromatic N) is 1. The van der Waals surface area contributed by atoms with Crippen LogP contribution in [0.25, 0.3) is 0 Å². The van der Waals surface area contributed by atoms with Crippen LogP contribution < -0.4 is 0 Å². The highest BCUT2D eigenvalue weighted by Crippen LogP contribution is 2.25. The summed E-state index contributed by atoms with van der Waals surface area (Å²) >= 11 is 8.93. The molecule has 0 saturated carbocycles. The van der Waals surface area contributed by atoms with Crippen molar-refractivity contribution in [2.45, 2.75) is 25.6 Å². The Bertz CT molecular complexity index is 524. The maximum atomic E-state index is 14.0. The second-order valence-corrected chi connectivity index (χ2v) is 6.60. The number of amides is 1. The van der Waals surface area contributed by atoms with E-state index in [0.29, 0.717) is 19.0 Å². The number of benzene rings is 1. The van der Waals surface area contributed by atoms with E-state index in [1.165, 1.54) is 6.07 Å². The summed E-state index contributed by atoms with van der Waals surface area (Å²) in [6.45, 7) is 4.56. The zero-order valence-corrected chi connectivity index (χ0v) is 13.7. The van der Waals surface area contributed by atoms with Crippen LogP contribution in [0.5, 0.6) is 0 Å². The van der Waals surface area contributed by atoms with E-state index in [4.69, 9.17) is 16.3 Å². The van der Waals surface area contributed by atoms with Gasteiger partial charge in [-0.25, -0.2) is 4.39 Å². The van der Waals surface area contributed by atoms with E-state index in [0.717, 1.165) is 0 Å². The number of hydrogen-bond acceptors (Lipinski definition) is 2. The molecular formula is C14H16BrClFNO2. The summed E-state index contributed by atoms with van der Waals surface area (Å²) in [6, 6.07) is 4.70. The molecule has 0 bridgehead atoms. The van der Waals surface area contributed by atoms with Crippen molar-refractivity contribution in [2.75, 3.05) is 19.0 Å². The summed E-state index contributed by atoms with van der Waals surface area (Å²) in [5.41, 5.74) is -0.430. The molecule has 1 aromatic rings. The molecule has 1 aliphatic rings. The molecule has 1 aliphatic heterocycles. The highest BCUT2D eigenvalue weighted by molar-refractivity contribution is 9.10. The van der Waals surface area contributed by atoms with E-state index in [9.17, 15) is 9.18 Å². The van der Waals surface area contributed by atoms with Crippen molar-refractivity contribution in [2.24, 2.45) is 0 Å². The number of hydrogen-bond donors (Lipinski definition) is 0. The van der Waals surface area contributed by atoms with Crippen LogP contribution in [0.3, 0.4) is 0 Å². The minimum Gasteiger partial charge on any atom is -0.367 e. The first-order chi connectivity index (χ1) is 9.34. The van der Waals surface area contributed by atoms with Crippen molar-refractivity contribution in [3.8, 4) is 0 Å². The highest BCUT2D eigenvalue weighted by Gasteiger charge is 2.36. The largest absolute Gasteiger partial charge is 0.367 e. The van der Waals surface area contributed by atoms with Gasteiger partial charge in [0, 0.05) is 13.1 Å². The van der Waals surface area contributed by atoms with Gasteiger partial charge in [-0.2, -0.15) is 0 Å². The predicted molar refractivity (Wildman–Crippen MR) is 79.7 cm³/mol. The molecule has 0 N–H and O–H groups in total. The average Bonchev–Trinajstić information content (AvgIpc) is 2.39. The van der Waals surface area contributed by atoms with Gasteiger partial charge in [-0.05, 0) is 41.9 Å². The topological polar surface area (TPSA) is 29.5 Å². The maximum absolute atomic E-state index is 14.0. The Hall–Kier alpha value is -0.650. The third-order valence-electron chi connectivity index (χ3n) is 3.12. The number of ether oxygens (including phenoxy) is 1. The lowest BCUT2D eigenvalue weighted by Gasteiger charge is -2.42. The molecule has 1 amide bonds. The maximum Gasteiger partial charge on any atom is 0.257 e. The summed E-state index contributed by atoms with van der Waals surface area (Å²) in [7, 11) is 0. The Morgan fingerprint density at radius 1 is 1.60 bits per heavy atom. The van der Waals surface area contributed by atoms with E-state index in [1.807, 2.05) is 13.8 Å². The van der Waals surface area contributed by atoms with Crippen molar-refractivity contribution in [1.82, 2.24) is 4.90 Å². The van der Waals surface area contributed by atoms with Crippen molar-refractivity contribution in [3.63, 3.8) is 0 Å². The SMILES string of the molecule is CC1(C)CN(C(=O)c2cccc(Br)c2F)CC(CCl)O1. The molecule has 3 nitrogen and oxygen atoms in total. The Labute approximate surface area is 131 Å². The van der Waals surface area contributed by atoms with Gasteiger partial charge in [0.15, 0.2) is 0 Å². The molecule has 0 aliphatic carbocycles. The number of morpholine rings is 1. The number of carbonyl (C=O) groups excluding carboxylic acids is 1. The molecule has 20 heavy (non-hydrogen) atoms. The lowest BCUT2D eigenvalue weighted by atomic mass is 10.0. The van der Waals surface area contributed by atoms with Gasteiger partial charge in [0.2, 0.25) is 0 Å². The van der Waals surface area contributed by atoms with E-state index in [2.05, 4.69) is 15.9 Å². The molecule has 1 unspecified atom stereocenters. The molecule has 0 aromatic heterocycles. The van der Waals surface area contributed by atoms with Gasteiger partial charge < -0.3 is 9.64 Å². The molecule has 6 heteroatoms. The van der Waals surface area contributed by atoms with E-state index in [1.54, 1.807) is 17.0 Å². The van der Waals surface area contributed by atoms with Gasteiger partial charge in [0.25, 0.3) is 5.91 Å². The molecule has 0 spiro atoms. The Kier molecular flexibility index (Phi) is 4.72. The Morgan fingerprint density at radius 3 is 2.95 bits per heavy atom. The number of carbonyl (C=O) groups is 1.